The Morgan fingerprint density at radius 1 is 1.36 bits per heavy atom. The number of carbonyl (C=O) groups excluding carboxylic acids is 1. The van der Waals surface area contributed by atoms with Crippen molar-refractivity contribution in [1.29, 1.82) is 0 Å². The molecule has 4 nitrogen and oxygen atoms in total. The van der Waals surface area contributed by atoms with Crippen LogP contribution in [-0.4, -0.2) is 35.8 Å². The number of amides is 1. The van der Waals surface area contributed by atoms with E-state index >= 15 is 0 Å². The van der Waals surface area contributed by atoms with Gasteiger partial charge in [-0.15, -0.1) is 0 Å². The van der Waals surface area contributed by atoms with E-state index in [1.807, 2.05) is 45.0 Å². The average Bonchev–Trinajstić information content (AvgIpc) is 2.46. The summed E-state index contributed by atoms with van der Waals surface area (Å²) in [6.07, 6.45) is 0.674. The number of ether oxygens (including phenoxy) is 2. The Balaban J connectivity index is 2.21. The number of morpholine rings is 1. The van der Waals surface area contributed by atoms with Crippen LogP contribution in [0.2, 0.25) is 0 Å². The molecular formula is C17H24BrNO3. The maximum atomic E-state index is 12.6. The van der Waals surface area contributed by atoms with Crippen LogP contribution in [0.25, 0.3) is 0 Å². The maximum absolute atomic E-state index is 12.6. The normalized spacial score (nSPS) is 22.5. The zero-order chi connectivity index (χ0) is 16.3. The molecule has 0 bridgehead atoms. The largest absolute Gasteiger partial charge is 0.444 e. The van der Waals surface area contributed by atoms with E-state index in [9.17, 15) is 4.79 Å². The predicted octanol–water partition coefficient (Wildman–Crippen LogP) is 4.54. The van der Waals surface area contributed by atoms with E-state index in [-0.39, 0.29) is 18.2 Å². The van der Waals surface area contributed by atoms with Crippen molar-refractivity contribution in [2.75, 3.05) is 13.2 Å². The Bertz CT molecular complexity index is 510. The van der Waals surface area contributed by atoms with E-state index in [1.54, 1.807) is 4.90 Å². The van der Waals surface area contributed by atoms with Gasteiger partial charge in [-0.05, 0) is 44.9 Å². The number of halogens is 1. The fourth-order valence-electron chi connectivity index (χ4n) is 2.45. The van der Waals surface area contributed by atoms with Crippen LogP contribution < -0.4 is 0 Å². The third kappa shape index (κ3) is 4.46. The fourth-order valence-corrected chi connectivity index (χ4v) is 2.71. The van der Waals surface area contributed by atoms with E-state index in [4.69, 9.17) is 9.47 Å². The number of rotatable bonds is 2. The van der Waals surface area contributed by atoms with E-state index in [1.165, 1.54) is 0 Å². The first-order valence-corrected chi connectivity index (χ1v) is 8.46. The molecule has 0 unspecified atom stereocenters. The summed E-state index contributed by atoms with van der Waals surface area (Å²) in [7, 11) is 0. The minimum absolute atomic E-state index is 0.0687. The molecule has 2 rings (SSSR count). The van der Waals surface area contributed by atoms with Gasteiger partial charge in [0.05, 0.1) is 25.3 Å². The molecule has 0 saturated carbocycles. The molecule has 22 heavy (non-hydrogen) atoms. The summed E-state index contributed by atoms with van der Waals surface area (Å²) in [4.78, 5) is 14.4. The van der Waals surface area contributed by atoms with Gasteiger partial charge in [-0.3, -0.25) is 4.90 Å². The molecule has 0 aliphatic carbocycles. The second kappa shape index (κ2) is 7.01. The highest BCUT2D eigenvalue weighted by molar-refractivity contribution is 9.10. The molecule has 1 heterocycles. The molecule has 1 amide bonds. The number of nitrogens with zero attached hydrogens (tertiary/aromatic N) is 1. The third-order valence-electron chi connectivity index (χ3n) is 3.60. The molecule has 0 N–H and O–H groups in total. The van der Waals surface area contributed by atoms with Crippen LogP contribution >= 0.6 is 15.9 Å². The Hall–Kier alpha value is -1.07. The molecule has 0 radical (unpaired) electrons. The minimum atomic E-state index is -0.499. The van der Waals surface area contributed by atoms with E-state index in [0.717, 1.165) is 16.5 Å². The van der Waals surface area contributed by atoms with Crippen LogP contribution in [0.5, 0.6) is 0 Å². The van der Waals surface area contributed by atoms with E-state index in [2.05, 4.69) is 22.9 Å². The van der Waals surface area contributed by atoms with Crippen LogP contribution in [0.3, 0.4) is 0 Å². The summed E-state index contributed by atoms with van der Waals surface area (Å²) < 4.78 is 12.5. The first-order chi connectivity index (χ1) is 10.3. The summed E-state index contributed by atoms with van der Waals surface area (Å²) in [5.41, 5.74) is 0.560. The molecular weight excluding hydrogens is 346 g/mol. The van der Waals surface area contributed by atoms with Crippen molar-refractivity contribution in [2.45, 2.75) is 51.9 Å². The number of hydrogen-bond acceptors (Lipinski definition) is 3. The lowest BCUT2D eigenvalue weighted by Gasteiger charge is -2.40. The van der Waals surface area contributed by atoms with E-state index in [0.29, 0.717) is 13.2 Å². The second-order valence-corrected chi connectivity index (χ2v) is 7.48. The quantitative estimate of drug-likeness (QED) is 0.768. The van der Waals surface area contributed by atoms with Crippen molar-refractivity contribution in [3.05, 3.63) is 34.3 Å². The monoisotopic (exact) mass is 369 g/mol. The molecule has 5 heteroatoms. The summed E-state index contributed by atoms with van der Waals surface area (Å²) >= 11 is 3.44. The molecule has 1 aromatic carbocycles. The van der Waals surface area contributed by atoms with Crippen LogP contribution in [-0.2, 0) is 9.47 Å². The average molecular weight is 370 g/mol. The standard InChI is InChI=1S/C17H24BrNO3/c1-5-14-10-19(16(20)22-17(2,3)4)15(11-21-14)12-6-8-13(18)9-7-12/h6-9,14-15H,5,10-11H2,1-4H3/t14-,15-/m0/s1. The lowest BCUT2D eigenvalue weighted by atomic mass is 10.0. The Kier molecular flexibility index (Phi) is 5.50. The molecule has 0 aromatic heterocycles. The molecule has 1 fully saturated rings. The first kappa shape index (κ1) is 17.3. The molecule has 0 spiro atoms. The highest BCUT2D eigenvalue weighted by atomic mass is 79.9. The van der Waals surface area contributed by atoms with Gasteiger partial charge in [-0.1, -0.05) is 35.0 Å². The smallest absolute Gasteiger partial charge is 0.410 e. The molecule has 1 saturated heterocycles. The zero-order valence-electron chi connectivity index (χ0n) is 13.6. The van der Waals surface area contributed by atoms with Crippen molar-refractivity contribution in [2.24, 2.45) is 0 Å². The molecule has 2 atom stereocenters. The first-order valence-electron chi connectivity index (χ1n) is 7.67. The number of carbonyl (C=O) groups is 1. The van der Waals surface area contributed by atoms with Crippen molar-refractivity contribution in [3.63, 3.8) is 0 Å². The van der Waals surface area contributed by atoms with Crippen molar-refractivity contribution >= 4 is 22.0 Å². The lowest BCUT2D eigenvalue weighted by Crippen LogP contribution is -2.49. The minimum Gasteiger partial charge on any atom is -0.444 e. The van der Waals surface area contributed by atoms with Gasteiger partial charge in [0.2, 0.25) is 0 Å². The molecule has 122 valence electrons. The maximum Gasteiger partial charge on any atom is 0.410 e. The second-order valence-electron chi connectivity index (χ2n) is 6.56. The molecule has 1 aliphatic heterocycles. The van der Waals surface area contributed by atoms with Crippen LogP contribution in [0.15, 0.2) is 28.7 Å². The van der Waals surface area contributed by atoms with Gasteiger partial charge in [-0.25, -0.2) is 4.79 Å². The van der Waals surface area contributed by atoms with Crippen LogP contribution in [0.1, 0.15) is 45.7 Å². The van der Waals surface area contributed by atoms with Gasteiger partial charge in [0, 0.05) is 4.47 Å². The number of benzene rings is 1. The highest BCUT2D eigenvalue weighted by Crippen LogP contribution is 2.29. The van der Waals surface area contributed by atoms with E-state index < -0.39 is 5.60 Å². The van der Waals surface area contributed by atoms with Gasteiger partial charge in [0.1, 0.15) is 5.60 Å². The van der Waals surface area contributed by atoms with Crippen molar-refractivity contribution < 1.29 is 14.3 Å². The molecule has 1 aromatic rings. The van der Waals surface area contributed by atoms with Gasteiger partial charge in [0.15, 0.2) is 0 Å². The topological polar surface area (TPSA) is 38.8 Å². The summed E-state index contributed by atoms with van der Waals surface area (Å²) in [6.45, 7) is 8.79. The highest BCUT2D eigenvalue weighted by Gasteiger charge is 2.35. The van der Waals surface area contributed by atoms with Gasteiger partial charge in [-0.2, -0.15) is 0 Å². The third-order valence-corrected chi connectivity index (χ3v) is 4.13. The van der Waals surface area contributed by atoms with Crippen molar-refractivity contribution in [1.82, 2.24) is 4.90 Å². The number of hydrogen-bond donors (Lipinski definition) is 0. The predicted molar refractivity (Wildman–Crippen MR) is 89.9 cm³/mol. The molecule has 1 aliphatic rings. The summed E-state index contributed by atoms with van der Waals surface area (Å²) in [5, 5.41) is 0. The van der Waals surface area contributed by atoms with Gasteiger partial charge in [0.25, 0.3) is 0 Å². The van der Waals surface area contributed by atoms with Gasteiger partial charge < -0.3 is 9.47 Å². The van der Waals surface area contributed by atoms with Crippen LogP contribution in [0.4, 0.5) is 4.79 Å². The Morgan fingerprint density at radius 2 is 2.00 bits per heavy atom. The Labute approximate surface area is 140 Å². The Morgan fingerprint density at radius 3 is 2.55 bits per heavy atom. The zero-order valence-corrected chi connectivity index (χ0v) is 15.2. The lowest BCUT2D eigenvalue weighted by molar-refractivity contribution is -0.0716. The fraction of sp³-hybridized carbons (Fsp3) is 0.588. The van der Waals surface area contributed by atoms with Crippen LogP contribution in [0, 0.1) is 0 Å². The SMILES string of the molecule is CC[C@H]1CN(C(=O)OC(C)(C)C)[C@H](c2ccc(Br)cc2)CO1. The summed E-state index contributed by atoms with van der Waals surface area (Å²) in [6, 6.07) is 7.89. The van der Waals surface area contributed by atoms with Gasteiger partial charge >= 0.3 is 6.09 Å². The van der Waals surface area contributed by atoms with Crippen molar-refractivity contribution in [3.8, 4) is 0 Å². The summed E-state index contributed by atoms with van der Waals surface area (Å²) in [5.74, 6) is 0.